The van der Waals surface area contributed by atoms with Gasteiger partial charge < -0.3 is 15.5 Å². The van der Waals surface area contributed by atoms with Crippen molar-refractivity contribution in [3.63, 3.8) is 0 Å². The van der Waals surface area contributed by atoms with E-state index in [1.54, 1.807) is 0 Å². The van der Waals surface area contributed by atoms with Gasteiger partial charge in [-0.15, -0.1) is 0 Å². The fourth-order valence-corrected chi connectivity index (χ4v) is 2.81. The van der Waals surface area contributed by atoms with E-state index in [1.165, 1.54) is 32.4 Å². The van der Waals surface area contributed by atoms with E-state index < -0.39 is 0 Å². The average molecular weight is 277 g/mol. The number of thiocarbonyl (C=S) groups is 1. The van der Waals surface area contributed by atoms with E-state index in [4.69, 9.17) is 12.2 Å². The summed E-state index contributed by atoms with van der Waals surface area (Å²) in [6, 6.07) is 10.4. The summed E-state index contributed by atoms with van der Waals surface area (Å²) >= 11 is 5.34. The van der Waals surface area contributed by atoms with E-state index in [0.717, 1.165) is 12.2 Å². The molecular weight excluding hydrogens is 254 g/mol. The van der Waals surface area contributed by atoms with Gasteiger partial charge in [-0.1, -0.05) is 24.6 Å². The zero-order valence-electron chi connectivity index (χ0n) is 11.6. The third-order valence-corrected chi connectivity index (χ3v) is 3.61. The second-order valence-corrected chi connectivity index (χ2v) is 5.64. The molecule has 1 aliphatic rings. The molecule has 0 spiro atoms. The molecule has 1 aliphatic heterocycles. The normalized spacial score (nSPS) is 17.7. The molecule has 0 radical (unpaired) electrons. The third-order valence-electron chi connectivity index (χ3n) is 3.39. The highest BCUT2D eigenvalue weighted by Gasteiger charge is 2.13. The van der Waals surface area contributed by atoms with E-state index in [1.807, 2.05) is 30.3 Å². The van der Waals surface area contributed by atoms with Gasteiger partial charge >= 0.3 is 0 Å². The number of anilines is 1. The Morgan fingerprint density at radius 1 is 1.21 bits per heavy atom. The average Bonchev–Trinajstić information content (AvgIpc) is 2.40. The van der Waals surface area contributed by atoms with Gasteiger partial charge in [0.25, 0.3) is 0 Å². The van der Waals surface area contributed by atoms with Gasteiger partial charge in [-0.25, -0.2) is 0 Å². The van der Waals surface area contributed by atoms with Crippen LogP contribution in [0.15, 0.2) is 30.3 Å². The minimum absolute atomic E-state index is 0.377. The van der Waals surface area contributed by atoms with Crippen molar-refractivity contribution in [2.24, 2.45) is 0 Å². The van der Waals surface area contributed by atoms with Crippen LogP contribution in [0.3, 0.4) is 0 Å². The molecule has 2 N–H and O–H groups in total. The van der Waals surface area contributed by atoms with Crippen LogP contribution in [0.25, 0.3) is 0 Å². The van der Waals surface area contributed by atoms with Gasteiger partial charge in [-0.3, -0.25) is 0 Å². The molecule has 2 rings (SSSR count). The van der Waals surface area contributed by atoms with Crippen LogP contribution in [0.2, 0.25) is 0 Å². The summed E-state index contributed by atoms with van der Waals surface area (Å²) in [7, 11) is 0. The first-order valence-corrected chi connectivity index (χ1v) is 7.50. The SMILES string of the molecule is CC(CN1CCCCC1)NC(=S)Nc1ccccc1. The lowest BCUT2D eigenvalue weighted by Crippen LogP contribution is -2.44. The molecule has 0 aromatic heterocycles. The van der Waals surface area contributed by atoms with Crippen LogP contribution < -0.4 is 10.6 Å². The predicted molar refractivity (Wildman–Crippen MR) is 85.6 cm³/mol. The Kier molecular flexibility index (Phi) is 5.61. The number of para-hydroxylation sites is 1. The Balaban J connectivity index is 1.72. The Morgan fingerprint density at radius 3 is 2.58 bits per heavy atom. The highest BCUT2D eigenvalue weighted by atomic mass is 32.1. The Labute approximate surface area is 121 Å². The van der Waals surface area contributed by atoms with E-state index >= 15 is 0 Å². The van der Waals surface area contributed by atoms with Crippen LogP contribution in [-0.2, 0) is 0 Å². The monoisotopic (exact) mass is 277 g/mol. The zero-order valence-corrected chi connectivity index (χ0v) is 12.4. The van der Waals surface area contributed by atoms with Gasteiger partial charge in [0.2, 0.25) is 0 Å². The van der Waals surface area contributed by atoms with Gasteiger partial charge in [0.05, 0.1) is 0 Å². The van der Waals surface area contributed by atoms with Crippen molar-refractivity contribution in [3.05, 3.63) is 30.3 Å². The lowest BCUT2D eigenvalue weighted by Gasteiger charge is -2.29. The number of benzene rings is 1. The van der Waals surface area contributed by atoms with Gasteiger partial charge in [-0.2, -0.15) is 0 Å². The molecule has 1 aromatic carbocycles. The summed E-state index contributed by atoms with van der Waals surface area (Å²) in [5, 5.41) is 7.27. The summed E-state index contributed by atoms with van der Waals surface area (Å²) in [6.45, 7) is 5.71. The van der Waals surface area contributed by atoms with Crippen molar-refractivity contribution in [2.75, 3.05) is 25.0 Å². The summed E-state index contributed by atoms with van der Waals surface area (Å²) < 4.78 is 0. The summed E-state index contributed by atoms with van der Waals surface area (Å²) in [6.07, 6.45) is 4.05. The van der Waals surface area contributed by atoms with E-state index in [2.05, 4.69) is 22.5 Å². The van der Waals surface area contributed by atoms with Crippen molar-refractivity contribution < 1.29 is 0 Å². The number of hydrogen-bond acceptors (Lipinski definition) is 2. The standard InChI is InChI=1S/C15H23N3S/c1-13(12-18-10-6-3-7-11-18)16-15(19)17-14-8-4-2-5-9-14/h2,4-5,8-9,13H,3,6-7,10-12H2,1H3,(H2,16,17,19). The summed E-state index contributed by atoms with van der Waals surface area (Å²) in [5.41, 5.74) is 1.03. The van der Waals surface area contributed by atoms with Crippen LogP contribution in [0.4, 0.5) is 5.69 Å². The molecule has 1 unspecified atom stereocenters. The van der Waals surface area contributed by atoms with Crippen molar-refractivity contribution in [3.8, 4) is 0 Å². The molecule has 0 saturated carbocycles. The Hall–Kier alpha value is -1.13. The maximum absolute atomic E-state index is 5.34. The molecule has 3 nitrogen and oxygen atoms in total. The lowest BCUT2D eigenvalue weighted by molar-refractivity contribution is 0.215. The lowest BCUT2D eigenvalue weighted by atomic mass is 10.1. The molecule has 0 amide bonds. The Bertz CT molecular complexity index is 388. The first kappa shape index (κ1) is 14.3. The number of piperidine rings is 1. The van der Waals surface area contributed by atoms with Gasteiger partial charge in [0, 0.05) is 18.3 Å². The van der Waals surface area contributed by atoms with Crippen LogP contribution in [-0.4, -0.2) is 35.7 Å². The topological polar surface area (TPSA) is 27.3 Å². The Morgan fingerprint density at radius 2 is 1.89 bits per heavy atom. The van der Waals surface area contributed by atoms with Crippen molar-refractivity contribution >= 4 is 23.0 Å². The molecule has 104 valence electrons. The third kappa shape index (κ3) is 5.17. The molecular formula is C15H23N3S. The largest absolute Gasteiger partial charge is 0.359 e. The highest BCUT2D eigenvalue weighted by molar-refractivity contribution is 7.80. The summed E-state index contributed by atoms with van der Waals surface area (Å²) in [5.74, 6) is 0. The quantitative estimate of drug-likeness (QED) is 0.828. The van der Waals surface area contributed by atoms with E-state index in [0.29, 0.717) is 11.2 Å². The van der Waals surface area contributed by atoms with Crippen molar-refractivity contribution in [1.82, 2.24) is 10.2 Å². The van der Waals surface area contributed by atoms with Crippen molar-refractivity contribution in [2.45, 2.75) is 32.2 Å². The first-order chi connectivity index (χ1) is 9.24. The second kappa shape index (κ2) is 7.46. The van der Waals surface area contributed by atoms with Gasteiger partial charge in [0.15, 0.2) is 5.11 Å². The first-order valence-electron chi connectivity index (χ1n) is 7.09. The number of rotatable bonds is 4. The van der Waals surface area contributed by atoms with Crippen LogP contribution in [0.5, 0.6) is 0 Å². The summed E-state index contributed by atoms with van der Waals surface area (Å²) in [4.78, 5) is 2.52. The van der Waals surface area contributed by atoms with Crippen LogP contribution in [0, 0.1) is 0 Å². The van der Waals surface area contributed by atoms with Gasteiger partial charge in [0.1, 0.15) is 0 Å². The van der Waals surface area contributed by atoms with Crippen molar-refractivity contribution in [1.29, 1.82) is 0 Å². The van der Waals surface area contributed by atoms with Crippen LogP contribution >= 0.6 is 12.2 Å². The fourth-order valence-electron chi connectivity index (χ4n) is 2.49. The number of likely N-dealkylation sites (tertiary alicyclic amines) is 1. The molecule has 1 fully saturated rings. The fraction of sp³-hybridized carbons (Fsp3) is 0.533. The smallest absolute Gasteiger partial charge is 0.171 e. The maximum atomic E-state index is 5.34. The molecule has 0 aliphatic carbocycles. The second-order valence-electron chi connectivity index (χ2n) is 5.23. The predicted octanol–water partition coefficient (Wildman–Crippen LogP) is 2.85. The molecule has 1 aromatic rings. The maximum Gasteiger partial charge on any atom is 0.171 e. The minimum Gasteiger partial charge on any atom is -0.359 e. The van der Waals surface area contributed by atoms with E-state index in [-0.39, 0.29) is 0 Å². The molecule has 1 atom stereocenters. The zero-order chi connectivity index (χ0) is 13.5. The highest BCUT2D eigenvalue weighted by Crippen LogP contribution is 2.09. The number of hydrogen-bond donors (Lipinski definition) is 2. The number of nitrogens with zero attached hydrogens (tertiary/aromatic N) is 1. The van der Waals surface area contributed by atoms with Crippen LogP contribution in [0.1, 0.15) is 26.2 Å². The number of nitrogens with one attached hydrogen (secondary N) is 2. The van der Waals surface area contributed by atoms with E-state index in [9.17, 15) is 0 Å². The molecule has 19 heavy (non-hydrogen) atoms. The van der Waals surface area contributed by atoms with Gasteiger partial charge in [-0.05, 0) is 57.2 Å². The minimum atomic E-state index is 0.377. The molecule has 1 saturated heterocycles. The molecule has 0 bridgehead atoms. The molecule has 4 heteroatoms. The molecule has 1 heterocycles.